The molecule has 12 heavy (non-hydrogen) atoms. The van der Waals surface area contributed by atoms with E-state index in [0.29, 0.717) is 0 Å². The van der Waals surface area contributed by atoms with Crippen LogP contribution in [0.15, 0.2) is 22.8 Å². The second-order valence-corrected chi connectivity index (χ2v) is 3.53. The molecule has 1 aromatic rings. The molecule has 0 saturated carbocycles. The third kappa shape index (κ3) is 2.91. The first-order chi connectivity index (χ1) is 5.84. The van der Waals surface area contributed by atoms with E-state index in [9.17, 15) is 0 Å². The summed E-state index contributed by atoms with van der Waals surface area (Å²) in [6.45, 7) is 0.768. The number of aromatic nitrogens is 1. The molecule has 0 fully saturated rings. The van der Waals surface area contributed by atoms with Gasteiger partial charge in [-0.1, -0.05) is 0 Å². The normalized spacial score (nSPS) is 10.2. The van der Waals surface area contributed by atoms with Crippen LogP contribution in [0.2, 0.25) is 0 Å². The van der Waals surface area contributed by atoms with Crippen LogP contribution in [0.1, 0.15) is 18.5 Å². The Morgan fingerprint density at radius 3 is 2.92 bits per heavy atom. The third-order valence-electron chi connectivity index (χ3n) is 1.70. The Kier molecular flexibility index (Phi) is 4.25. The van der Waals surface area contributed by atoms with Crippen molar-refractivity contribution in [1.82, 2.24) is 4.98 Å². The molecule has 0 amide bonds. The highest BCUT2D eigenvalue weighted by atomic mass is 79.9. The van der Waals surface area contributed by atoms with Gasteiger partial charge in [0.15, 0.2) is 0 Å². The number of hydrogen-bond donors (Lipinski definition) is 1. The summed E-state index contributed by atoms with van der Waals surface area (Å²) in [5.74, 6) is 0. The molecule has 66 valence electrons. The van der Waals surface area contributed by atoms with E-state index >= 15 is 0 Å². The number of nitrogens with two attached hydrogens (primary N) is 1. The van der Waals surface area contributed by atoms with Gasteiger partial charge in [0.2, 0.25) is 0 Å². The molecule has 3 heteroatoms. The molecule has 0 aliphatic rings. The van der Waals surface area contributed by atoms with Crippen molar-refractivity contribution in [2.24, 2.45) is 5.73 Å². The van der Waals surface area contributed by atoms with Gasteiger partial charge in [-0.05, 0) is 53.9 Å². The topological polar surface area (TPSA) is 38.9 Å². The molecule has 0 radical (unpaired) electrons. The predicted octanol–water partition coefficient (Wildman–Crippen LogP) is 2.13. The van der Waals surface area contributed by atoms with Crippen molar-refractivity contribution >= 4 is 15.9 Å². The van der Waals surface area contributed by atoms with Gasteiger partial charge in [0.25, 0.3) is 0 Å². The first-order valence-corrected chi connectivity index (χ1v) is 4.93. The van der Waals surface area contributed by atoms with Crippen LogP contribution in [0.5, 0.6) is 0 Å². The molecule has 2 N–H and O–H groups in total. The molecule has 0 spiro atoms. The van der Waals surface area contributed by atoms with Crippen LogP contribution in [-0.2, 0) is 6.42 Å². The molecule has 0 bridgehead atoms. The first kappa shape index (κ1) is 9.68. The van der Waals surface area contributed by atoms with Gasteiger partial charge in [-0.2, -0.15) is 0 Å². The fourth-order valence-electron chi connectivity index (χ4n) is 1.04. The van der Waals surface area contributed by atoms with Gasteiger partial charge >= 0.3 is 0 Å². The fourth-order valence-corrected chi connectivity index (χ4v) is 1.49. The van der Waals surface area contributed by atoms with E-state index in [2.05, 4.69) is 20.9 Å². The summed E-state index contributed by atoms with van der Waals surface area (Å²) in [5, 5.41) is 0. The number of unbranched alkanes of at least 4 members (excludes halogenated alkanes) is 1. The van der Waals surface area contributed by atoms with E-state index in [1.165, 1.54) is 0 Å². The highest BCUT2D eigenvalue weighted by Crippen LogP contribution is 2.14. The summed E-state index contributed by atoms with van der Waals surface area (Å²) in [7, 11) is 0. The summed E-state index contributed by atoms with van der Waals surface area (Å²) >= 11 is 3.45. The number of halogens is 1. The second-order valence-electron chi connectivity index (χ2n) is 2.68. The van der Waals surface area contributed by atoms with Gasteiger partial charge < -0.3 is 5.73 Å². The number of aryl methyl sites for hydroxylation is 1. The SMILES string of the molecule is NCCCCc1ncccc1Br. The van der Waals surface area contributed by atoms with Crippen LogP contribution in [0.3, 0.4) is 0 Å². The quantitative estimate of drug-likeness (QED) is 0.803. The Labute approximate surface area is 81.3 Å². The van der Waals surface area contributed by atoms with Gasteiger partial charge in [0.05, 0.1) is 5.69 Å². The fraction of sp³-hybridized carbons (Fsp3) is 0.444. The lowest BCUT2D eigenvalue weighted by molar-refractivity contribution is 0.730. The molecule has 0 saturated heterocycles. The lowest BCUT2D eigenvalue weighted by Gasteiger charge is -2.01. The molecule has 1 aromatic heterocycles. The van der Waals surface area contributed by atoms with E-state index in [1.807, 2.05) is 18.3 Å². The van der Waals surface area contributed by atoms with Crippen LogP contribution in [0.25, 0.3) is 0 Å². The van der Waals surface area contributed by atoms with Crippen molar-refractivity contribution in [2.45, 2.75) is 19.3 Å². The van der Waals surface area contributed by atoms with Crippen molar-refractivity contribution in [2.75, 3.05) is 6.54 Å². The van der Waals surface area contributed by atoms with Crippen molar-refractivity contribution in [3.63, 3.8) is 0 Å². The van der Waals surface area contributed by atoms with Crippen LogP contribution in [-0.4, -0.2) is 11.5 Å². The van der Waals surface area contributed by atoms with Crippen LogP contribution in [0.4, 0.5) is 0 Å². The number of rotatable bonds is 4. The minimum absolute atomic E-state index is 0.768. The van der Waals surface area contributed by atoms with E-state index in [0.717, 1.165) is 36.0 Å². The van der Waals surface area contributed by atoms with Crippen LogP contribution in [0, 0.1) is 0 Å². The molecule has 0 atom stereocenters. The maximum absolute atomic E-state index is 5.40. The lowest BCUT2D eigenvalue weighted by Crippen LogP contribution is -2.00. The zero-order chi connectivity index (χ0) is 8.81. The Hall–Kier alpha value is -0.410. The first-order valence-electron chi connectivity index (χ1n) is 4.14. The van der Waals surface area contributed by atoms with Gasteiger partial charge in [-0.3, -0.25) is 4.98 Å². The zero-order valence-electron chi connectivity index (χ0n) is 6.96. The Morgan fingerprint density at radius 1 is 1.42 bits per heavy atom. The Bertz CT molecular complexity index is 238. The van der Waals surface area contributed by atoms with E-state index in [4.69, 9.17) is 5.73 Å². The monoisotopic (exact) mass is 228 g/mol. The van der Waals surface area contributed by atoms with Gasteiger partial charge in [-0.15, -0.1) is 0 Å². The van der Waals surface area contributed by atoms with Crippen LogP contribution >= 0.6 is 15.9 Å². The molecule has 0 aliphatic heterocycles. The Balaban J connectivity index is 2.46. The highest BCUT2D eigenvalue weighted by Gasteiger charge is 1.98. The maximum atomic E-state index is 5.40. The van der Waals surface area contributed by atoms with Crippen molar-refractivity contribution < 1.29 is 0 Å². The van der Waals surface area contributed by atoms with Crippen molar-refractivity contribution in [3.05, 3.63) is 28.5 Å². The van der Waals surface area contributed by atoms with E-state index in [1.54, 1.807) is 0 Å². The summed E-state index contributed by atoms with van der Waals surface area (Å²) < 4.78 is 1.10. The minimum atomic E-state index is 0.768. The molecule has 1 heterocycles. The van der Waals surface area contributed by atoms with Gasteiger partial charge in [0.1, 0.15) is 0 Å². The molecular formula is C9H13BrN2. The molecule has 1 rings (SSSR count). The van der Waals surface area contributed by atoms with Crippen LogP contribution < -0.4 is 5.73 Å². The predicted molar refractivity (Wildman–Crippen MR) is 53.9 cm³/mol. The Morgan fingerprint density at radius 2 is 2.25 bits per heavy atom. The minimum Gasteiger partial charge on any atom is -0.330 e. The number of pyridine rings is 1. The number of hydrogen-bond acceptors (Lipinski definition) is 2. The molecule has 0 aliphatic carbocycles. The number of nitrogens with zero attached hydrogens (tertiary/aromatic N) is 1. The van der Waals surface area contributed by atoms with Crippen molar-refractivity contribution in [3.8, 4) is 0 Å². The third-order valence-corrected chi connectivity index (χ3v) is 2.42. The maximum Gasteiger partial charge on any atom is 0.0545 e. The average molecular weight is 229 g/mol. The highest BCUT2D eigenvalue weighted by molar-refractivity contribution is 9.10. The zero-order valence-corrected chi connectivity index (χ0v) is 8.55. The summed E-state index contributed by atoms with van der Waals surface area (Å²) in [4.78, 5) is 4.26. The molecule has 2 nitrogen and oxygen atoms in total. The largest absolute Gasteiger partial charge is 0.330 e. The smallest absolute Gasteiger partial charge is 0.0545 e. The van der Waals surface area contributed by atoms with E-state index < -0.39 is 0 Å². The molecule has 0 unspecified atom stereocenters. The molecular weight excluding hydrogens is 216 g/mol. The van der Waals surface area contributed by atoms with E-state index in [-0.39, 0.29) is 0 Å². The average Bonchev–Trinajstić information content (AvgIpc) is 2.09. The van der Waals surface area contributed by atoms with Gasteiger partial charge in [-0.25, -0.2) is 0 Å². The summed E-state index contributed by atoms with van der Waals surface area (Å²) in [5.41, 5.74) is 6.53. The lowest BCUT2D eigenvalue weighted by atomic mass is 10.2. The molecule has 0 aromatic carbocycles. The van der Waals surface area contributed by atoms with Crippen molar-refractivity contribution in [1.29, 1.82) is 0 Å². The summed E-state index contributed by atoms with van der Waals surface area (Å²) in [6, 6.07) is 3.95. The standard InChI is InChI=1S/C9H13BrN2/c10-8-4-3-7-12-9(8)5-1-2-6-11/h3-4,7H,1-2,5-6,11H2. The second kappa shape index (κ2) is 5.27. The van der Waals surface area contributed by atoms with Gasteiger partial charge in [0, 0.05) is 10.7 Å². The summed E-state index contributed by atoms with van der Waals surface area (Å²) in [6.07, 6.45) is 5.02.